The molecule has 27 heavy (non-hydrogen) atoms. The first-order chi connectivity index (χ1) is 13.0. The molecule has 2 amide bonds. The zero-order valence-electron chi connectivity index (χ0n) is 14.6. The Labute approximate surface area is 156 Å². The number of nitrogens with one attached hydrogen (secondary N) is 1. The van der Waals surface area contributed by atoms with E-state index in [0.29, 0.717) is 36.4 Å². The Morgan fingerprint density at radius 1 is 1.04 bits per heavy atom. The number of rotatable bonds is 4. The molecule has 2 aromatic rings. The molecule has 140 valence electrons. The molecule has 0 aliphatic carbocycles. The molecule has 1 heterocycles. The lowest BCUT2D eigenvalue weighted by molar-refractivity contribution is -0.143. The van der Waals surface area contributed by atoms with E-state index in [4.69, 9.17) is 9.84 Å². The number of hydrogen-bond donors (Lipinski definition) is 2. The summed E-state index contributed by atoms with van der Waals surface area (Å²) in [7, 11) is 0. The third-order valence-electron chi connectivity index (χ3n) is 4.39. The van der Waals surface area contributed by atoms with E-state index in [9.17, 15) is 14.4 Å². The van der Waals surface area contributed by atoms with Gasteiger partial charge in [0.1, 0.15) is 5.75 Å². The summed E-state index contributed by atoms with van der Waals surface area (Å²) in [4.78, 5) is 37.2. The number of piperidine rings is 1. The predicted octanol–water partition coefficient (Wildman–Crippen LogP) is 3.23. The number of carboxylic acid groups (broad SMARTS) is 1. The van der Waals surface area contributed by atoms with Crippen molar-refractivity contribution < 1.29 is 24.2 Å². The Hall–Kier alpha value is -3.35. The molecule has 7 nitrogen and oxygen atoms in total. The first kappa shape index (κ1) is 18.4. The lowest BCUT2D eigenvalue weighted by Crippen LogP contribution is -2.42. The van der Waals surface area contributed by atoms with Gasteiger partial charge < -0.3 is 14.7 Å². The molecule has 1 atom stereocenters. The lowest BCUT2D eigenvalue weighted by atomic mass is 9.97. The van der Waals surface area contributed by atoms with Gasteiger partial charge in [0.2, 0.25) is 0 Å². The lowest BCUT2D eigenvalue weighted by Gasteiger charge is -2.30. The smallest absolute Gasteiger partial charge is 0.417 e. The Morgan fingerprint density at radius 2 is 1.74 bits per heavy atom. The van der Waals surface area contributed by atoms with E-state index in [-0.39, 0.29) is 12.5 Å². The van der Waals surface area contributed by atoms with Gasteiger partial charge in [-0.3, -0.25) is 14.9 Å². The summed E-state index contributed by atoms with van der Waals surface area (Å²) in [6.07, 6.45) is 0.639. The average molecular weight is 368 g/mol. The second-order valence-corrected chi connectivity index (χ2v) is 6.33. The number of carbonyl (C=O) groups excluding carboxylic acids is 2. The van der Waals surface area contributed by atoms with Crippen LogP contribution in [0.1, 0.15) is 23.2 Å². The van der Waals surface area contributed by atoms with E-state index in [2.05, 4.69) is 5.32 Å². The van der Waals surface area contributed by atoms with Crippen molar-refractivity contribution in [1.82, 2.24) is 4.90 Å². The normalized spacial score (nSPS) is 16.4. The average Bonchev–Trinajstić information content (AvgIpc) is 2.69. The summed E-state index contributed by atoms with van der Waals surface area (Å²) in [5, 5.41) is 11.7. The Morgan fingerprint density at radius 3 is 2.41 bits per heavy atom. The van der Waals surface area contributed by atoms with Crippen LogP contribution < -0.4 is 10.1 Å². The number of ether oxygens (including phenoxy) is 1. The SMILES string of the molecule is O=C(Nc1ccc(C(=O)N2CCC[C@H](C(=O)O)C2)cc1)Oc1ccccc1. The van der Waals surface area contributed by atoms with Gasteiger partial charge in [-0.05, 0) is 49.2 Å². The van der Waals surface area contributed by atoms with E-state index in [0.717, 1.165) is 0 Å². The van der Waals surface area contributed by atoms with Gasteiger partial charge in [0.05, 0.1) is 5.92 Å². The summed E-state index contributed by atoms with van der Waals surface area (Å²) in [6, 6.07) is 15.1. The number of anilines is 1. The van der Waals surface area contributed by atoms with Gasteiger partial charge in [0.25, 0.3) is 5.91 Å². The highest BCUT2D eigenvalue weighted by Crippen LogP contribution is 2.20. The zero-order chi connectivity index (χ0) is 19.2. The molecule has 0 saturated carbocycles. The molecule has 7 heteroatoms. The molecular formula is C20H20N2O5. The number of carboxylic acids is 1. The fraction of sp³-hybridized carbons (Fsp3) is 0.250. The summed E-state index contributed by atoms with van der Waals surface area (Å²) in [5.74, 6) is -1.17. The standard InChI is InChI=1S/C20H20N2O5/c23-18(22-12-4-5-15(13-22)19(24)25)14-8-10-16(11-9-14)21-20(26)27-17-6-2-1-3-7-17/h1-3,6-11,15H,4-5,12-13H2,(H,21,26)(H,24,25)/t15-/m0/s1. The summed E-state index contributed by atoms with van der Waals surface area (Å²) >= 11 is 0. The van der Waals surface area contributed by atoms with Crippen LogP contribution in [-0.4, -0.2) is 41.1 Å². The maximum atomic E-state index is 12.6. The fourth-order valence-electron chi connectivity index (χ4n) is 2.98. The molecule has 0 bridgehead atoms. The van der Waals surface area contributed by atoms with E-state index >= 15 is 0 Å². The van der Waals surface area contributed by atoms with Crippen molar-refractivity contribution in [3.8, 4) is 5.75 Å². The molecule has 0 radical (unpaired) electrons. The van der Waals surface area contributed by atoms with Crippen molar-refractivity contribution in [3.63, 3.8) is 0 Å². The molecule has 0 aromatic heterocycles. The minimum absolute atomic E-state index is 0.209. The van der Waals surface area contributed by atoms with Gasteiger partial charge in [0, 0.05) is 24.3 Å². The van der Waals surface area contributed by atoms with Crippen LogP contribution in [0.5, 0.6) is 5.75 Å². The van der Waals surface area contributed by atoms with Crippen LogP contribution in [0.4, 0.5) is 10.5 Å². The highest BCUT2D eigenvalue weighted by molar-refractivity contribution is 5.95. The van der Waals surface area contributed by atoms with E-state index in [1.165, 1.54) is 0 Å². The molecule has 1 fully saturated rings. The van der Waals surface area contributed by atoms with Crippen LogP contribution in [0.2, 0.25) is 0 Å². The van der Waals surface area contributed by atoms with E-state index in [1.54, 1.807) is 53.4 Å². The topological polar surface area (TPSA) is 95.9 Å². The Kier molecular flexibility index (Phi) is 5.71. The van der Waals surface area contributed by atoms with Gasteiger partial charge >= 0.3 is 12.1 Å². The molecule has 1 aliphatic rings. The number of likely N-dealkylation sites (tertiary alicyclic amines) is 1. The highest BCUT2D eigenvalue weighted by atomic mass is 16.6. The minimum Gasteiger partial charge on any atom is -0.481 e. The van der Waals surface area contributed by atoms with Gasteiger partial charge in [-0.15, -0.1) is 0 Å². The number of amides is 2. The van der Waals surface area contributed by atoms with Crippen LogP contribution in [-0.2, 0) is 4.79 Å². The molecular weight excluding hydrogens is 348 g/mol. The minimum atomic E-state index is -0.871. The summed E-state index contributed by atoms with van der Waals surface area (Å²) < 4.78 is 5.14. The molecule has 0 unspecified atom stereocenters. The van der Waals surface area contributed by atoms with Crippen molar-refractivity contribution in [2.45, 2.75) is 12.8 Å². The maximum Gasteiger partial charge on any atom is 0.417 e. The number of hydrogen-bond acceptors (Lipinski definition) is 4. The maximum absolute atomic E-state index is 12.6. The van der Waals surface area contributed by atoms with Crippen LogP contribution >= 0.6 is 0 Å². The molecule has 2 aromatic carbocycles. The van der Waals surface area contributed by atoms with Gasteiger partial charge in [-0.2, -0.15) is 0 Å². The van der Waals surface area contributed by atoms with E-state index < -0.39 is 18.0 Å². The third-order valence-corrected chi connectivity index (χ3v) is 4.39. The van der Waals surface area contributed by atoms with Crippen molar-refractivity contribution in [2.24, 2.45) is 5.92 Å². The first-order valence-corrected chi connectivity index (χ1v) is 8.69. The second-order valence-electron chi connectivity index (χ2n) is 6.33. The van der Waals surface area contributed by atoms with Gasteiger partial charge in [-0.25, -0.2) is 4.79 Å². The third kappa shape index (κ3) is 4.84. The van der Waals surface area contributed by atoms with Crippen LogP contribution in [0.25, 0.3) is 0 Å². The van der Waals surface area contributed by atoms with Crippen molar-refractivity contribution >= 4 is 23.7 Å². The van der Waals surface area contributed by atoms with Gasteiger partial charge in [-0.1, -0.05) is 18.2 Å². The first-order valence-electron chi connectivity index (χ1n) is 8.69. The Bertz CT molecular complexity index is 820. The van der Waals surface area contributed by atoms with Crippen molar-refractivity contribution in [2.75, 3.05) is 18.4 Å². The largest absolute Gasteiger partial charge is 0.481 e. The second kappa shape index (κ2) is 8.35. The quantitative estimate of drug-likeness (QED) is 0.864. The Balaban J connectivity index is 1.58. The van der Waals surface area contributed by atoms with Crippen LogP contribution in [0, 0.1) is 5.92 Å². The molecule has 1 saturated heterocycles. The van der Waals surface area contributed by atoms with Crippen molar-refractivity contribution in [3.05, 3.63) is 60.2 Å². The fourth-order valence-corrected chi connectivity index (χ4v) is 2.98. The summed E-state index contributed by atoms with van der Waals surface area (Å²) in [5.41, 5.74) is 0.942. The number of nitrogens with zero attached hydrogens (tertiary/aromatic N) is 1. The van der Waals surface area contributed by atoms with Crippen LogP contribution in [0.15, 0.2) is 54.6 Å². The monoisotopic (exact) mass is 368 g/mol. The number of benzene rings is 2. The number of carbonyl (C=O) groups is 3. The van der Waals surface area contributed by atoms with Crippen LogP contribution in [0.3, 0.4) is 0 Å². The molecule has 0 spiro atoms. The predicted molar refractivity (Wildman–Crippen MR) is 98.8 cm³/mol. The van der Waals surface area contributed by atoms with Gasteiger partial charge in [0.15, 0.2) is 0 Å². The number of aliphatic carboxylic acids is 1. The molecule has 2 N–H and O–H groups in total. The summed E-state index contributed by atoms with van der Waals surface area (Å²) in [6.45, 7) is 0.767. The number of para-hydroxylation sites is 1. The highest BCUT2D eigenvalue weighted by Gasteiger charge is 2.28. The van der Waals surface area contributed by atoms with Crippen molar-refractivity contribution in [1.29, 1.82) is 0 Å². The molecule has 3 rings (SSSR count). The van der Waals surface area contributed by atoms with E-state index in [1.807, 2.05) is 6.07 Å². The zero-order valence-corrected chi connectivity index (χ0v) is 14.6. The molecule has 1 aliphatic heterocycles.